The lowest BCUT2D eigenvalue weighted by Crippen LogP contribution is -2.35. The van der Waals surface area contributed by atoms with Gasteiger partial charge in [0.05, 0.1) is 22.3 Å². The highest BCUT2D eigenvalue weighted by molar-refractivity contribution is 7.84. The molecule has 1 aromatic carbocycles. The van der Waals surface area contributed by atoms with Crippen molar-refractivity contribution in [1.82, 2.24) is 4.72 Å². The van der Waals surface area contributed by atoms with Gasteiger partial charge in [0.2, 0.25) is 0 Å². The number of hydrogen-bond donors (Lipinski definition) is 1. The minimum atomic E-state index is -1.21. The third-order valence-corrected chi connectivity index (χ3v) is 4.88. The van der Waals surface area contributed by atoms with Gasteiger partial charge in [-0.1, -0.05) is 30.3 Å². The molecule has 0 amide bonds. The lowest BCUT2D eigenvalue weighted by Gasteiger charge is -2.25. The third kappa shape index (κ3) is 6.42. The van der Waals surface area contributed by atoms with Crippen LogP contribution in [0.1, 0.15) is 51.3 Å². The van der Waals surface area contributed by atoms with Crippen LogP contribution in [0.25, 0.3) is 6.08 Å². The van der Waals surface area contributed by atoms with E-state index in [2.05, 4.69) is 11.3 Å². The van der Waals surface area contributed by atoms with E-state index in [1.165, 1.54) is 6.08 Å². The summed E-state index contributed by atoms with van der Waals surface area (Å²) in [6.45, 7) is 11.7. The van der Waals surface area contributed by atoms with Gasteiger partial charge in [-0.2, -0.15) is 0 Å². The SMILES string of the molecule is C=CC[C@H](NS(=O)C(C)(C)C)c1ccccc1/C=C/C(=O)OCC. The van der Waals surface area contributed by atoms with Crippen molar-refractivity contribution in [2.24, 2.45) is 0 Å². The van der Waals surface area contributed by atoms with E-state index in [1.54, 1.807) is 19.1 Å². The summed E-state index contributed by atoms with van der Waals surface area (Å²) in [6, 6.07) is 7.56. The van der Waals surface area contributed by atoms with Gasteiger partial charge in [-0.15, -0.1) is 6.58 Å². The summed E-state index contributed by atoms with van der Waals surface area (Å²) in [6.07, 6.45) is 5.56. The zero-order valence-corrected chi connectivity index (χ0v) is 15.7. The minimum Gasteiger partial charge on any atom is -0.463 e. The topological polar surface area (TPSA) is 55.4 Å². The van der Waals surface area contributed by atoms with Gasteiger partial charge >= 0.3 is 5.97 Å². The minimum absolute atomic E-state index is 0.148. The smallest absolute Gasteiger partial charge is 0.330 e. The molecule has 1 N–H and O–H groups in total. The summed E-state index contributed by atoms with van der Waals surface area (Å²) < 4.78 is 20.2. The molecule has 1 rings (SSSR count). The molecule has 0 radical (unpaired) electrons. The lowest BCUT2D eigenvalue weighted by atomic mass is 9.98. The fraction of sp³-hybridized carbons (Fsp3) is 0.421. The fourth-order valence-electron chi connectivity index (χ4n) is 2.04. The van der Waals surface area contributed by atoms with Crippen molar-refractivity contribution in [3.8, 4) is 0 Å². The van der Waals surface area contributed by atoms with E-state index in [9.17, 15) is 9.00 Å². The van der Waals surface area contributed by atoms with Crippen LogP contribution in [-0.4, -0.2) is 21.5 Å². The molecule has 0 saturated carbocycles. The standard InChI is InChI=1S/C19H27NO3S/c1-6-10-17(20-24(22)19(3,4)5)16-12-9-8-11-15(16)13-14-18(21)23-7-2/h6,8-9,11-14,17,20H,1,7,10H2,2-5H3/b14-13+/t17-,24?/m0/s1. The van der Waals surface area contributed by atoms with Gasteiger partial charge in [-0.25, -0.2) is 13.7 Å². The Morgan fingerprint density at radius 2 is 2.04 bits per heavy atom. The molecule has 0 bridgehead atoms. The maximum Gasteiger partial charge on any atom is 0.330 e. The maximum atomic E-state index is 12.5. The van der Waals surface area contributed by atoms with Crippen molar-refractivity contribution in [3.05, 3.63) is 54.1 Å². The molecule has 0 aliphatic carbocycles. The van der Waals surface area contributed by atoms with Gasteiger partial charge in [0.25, 0.3) is 0 Å². The first-order chi connectivity index (χ1) is 11.3. The second-order valence-corrected chi connectivity index (χ2v) is 8.29. The Morgan fingerprint density at radius 1 is 1.38 bits per heavy atom. The summed E-state index contributed by atoms with van der Waals surface area (Å²) in [7, 11) is -1.21. The van der Waals surface area contributed by atoms with Crippen LogP contribution in [0.15, 0.2) is 43.0 Å². The van der Waals surface area contributed by atoms with E-state index in [0.717, 1.165) is 11.1 Å². The first-order valence-corrected chi connectivity index (χ1v) is 9.17. The molecule has 0 saturated heterocycles. The Balaban J connectivity index is 3.09. The number of rotatable bonds is 8. The molecule has 24 heavy (non-hydrogen) atoms. The number of carbonyl (C=O) groups excluding carboxylic acids is 1. The van der Waals surface area contributed by atoms with Crippen molar-refractivity contribution in [1.29, 1.82) is 0 Å². The number of hydrogen-bond acceptors (Lipinski definition) is 3. The van der Waals surface area contributed by atoms with Crippen LogP contribution in [0, 0.1) is 0 Å². The Kier molecular flexibility index (Phi) is 8.08. The van der Waals surface area contributed by atoms with Gasteiger partial charge < -0.3 is 4.74 Å². The van der Waals surface area contributed by atoms with Crippen molar-refractivity contribution in [3.63, 3.8) is 0 Å². The summed E-state index contributed by atoms with van der Waals surface area (Å²) in [5.41, 5.74) is 1.85. The van der Waals surface area contributed by atoms with E-state index in [1.807, 2.05) is 45.0 Å². The fourth-order valence-corrected chi connectivity index (χ4v) is 2.87. The molecule has 0 fully saturated rings. The van der Waals surface area contributed by atoms with Crippen LogP contribution < -0.4 is 4.72 Å². The average Bonchev–Trinajstić information content (AvgIpc) is 2.52. The number of carbonyl (C=O) groups is 1. The summed E-state index contributed by atoms with van der Waals surface area (Å²) in [5.74, 6) is -0.376. The third-order valence-electron chi connectivity index (χ3n) is 3.26. The molecule has 2 atom stereocenters. The molecule has 4 nitrogen and oxygen atoms in total. The normalized spacial score (nSPS) is 14.3. The second kappa shape index (κ2) is 9.55. The highest BCUT2D eigenvalue weighted by Crippen LogP contribution is 2.25. The first kappa shape index (κ1) is 20.3. The van der Waals surface area contributed by atoms with Crippen LogP contribution in [0.5, 0.6) is 0 Å². The Bertz CT molecular complexity index is 617. The number of benzene rings is 1. The summed E-state index contributed by atoms with van der Waals surface area (Å²) >= 11 is 0. The predicted octanol–water partition coefficient (Wildman–Crippen LogP) is 3.93. The van der Waals surface area contributed by atoms with Crippen LogP contribution >= 0.6 is 0 Å². The van der Waals surface area contributed by atoms with Crippen LogP contribution in [-0.2, 0) is 20.5 Å². The summed E-state index contributed by atoms with van der Waals surface area (Å²) in [4.78, 5) is 11.5. The quantitative estimate of drug-likeness (QED) is 0.439. The molecule has 1 aromatic rings. The van der Waals surface area contributed by atoms with Crippen LogP contribution in [0.3, 0.4) is 0 Å². The molecular weight excluding hydrogens is 322 g/mol. The highest BCUT2D eigenvalue weighted by atomic mass is 32.2. The van der Waals surface area contributed by atoms with Gasteiger partial charge in [0.15, 0.2) is 0 Å². The van der Waals surface area contributed by atoms with Crippen LogP contribution in [0.4, 0.5) is 0 Å². The Hall–Kier alpha value is -1.72. The van der Waals surface area contributed by atoms with Gasteiger partial charge in [-0.05, 0) is 51.3 Å². The molecular formula is C19H27NO3S. The van der Waals surface area contributed by atoms with E-state index >= 15 is 0 Å². The zero-order chi connectivity index (χ0) is 18.2. The van der Waals surface area contributed by atoms with E-state index in [-0.39, 0.29) is 16.8 Å². The molecule has 0 aliphatic rings. The van der Waals surface area contributed by atoms with Gasteiger partial charge in [-0.3, -0.25) is 0 Å². The monoisotopic (exact) mass is 349 g/mol. The van der Waals surface area contributed by atoms with E-state index < -0.39 is 11.0 Å². The number of esters is 1. The van der Waals surface area contributed by atoms with E-state index in [4.69, 9.17) is 4.74 Å². The van der Waals surface area contributed by atoms with Gasteiger partial charge in [0.1, 0.15) is 0 Å². The van der Waals surface area contributed by atoms with Gasteiger partial charge in [0, 0.05) is 12.1 Å². The van der Waals surface area contributed by atoms with Crippen LogP contribution in [0.2, 0.25) is 0 Å². The first-order valence-electron chi connectivity index (χ1n) is 8.02. The Morgan fingerprint density at radius 3 is 2.62 bits per heavy atom. The summed E-state index contributed by atoms with van der Waals surface area (Å²) in [5, 5.41) is 0. The molecule has 0 spiro atoms. The molecule has 0 aliphatic heterocycles. The number of nitrogens with one attached hydrogen (secondary N) is 1. The Labute approximate surface area is 147 Å². The molecule has 1 unspecified atom stereocenters. The maximum absolute atomic E-state index is 12.5. The lowest BCUT2D eigenvalue weighted by molar-refractivity contribution is -0.137. The molecule has 5 heteroatoms. The molecule has 132 valence electrons. The van der Waals surface area contributed by atoms with Crippen molar-refractivity contribution in [2.75, 3.05) is 6.61 Å². The molecule has 0 heterocycles. The number of ether oxygens (including phenoxy) is 1. The van der Waals surface area contributed by atoms with Crippen molar-refractivity contribution >= 4 is 23.0 Å². The zero-order valence-electron chi connectivity index (χ0n) is 14.9. The second-order valence-electron chi connectivity index (χ2n) is 6.29. The van der Waals surface area contributed by atoms with Crippen molar-refractivity contribution in [2.45, 2.75) is 44.9 Å². The predicted molar refractivity (Wildman–Crippen MR) is 101 cm³/mol. The van der Waals surface area contributed by atoms with E-state index in [0.29, 0.717) is 13.0 Å². The van der Waals surface area contributed by atoms with Crippen molar-refractivity contribution < 1.29 is 13.7 Å². The largest absolute Gasteiger partial charge is 0.463 e. The highest BCUT2D eigenvalue weighted by Gasteiger charge is 2.23. The molecule has 0 aromatic heterocycles. The average molecular weight is 349 g/mol.